The van der Waals surface area contributed by atoms with Gasteiger partial charge in [-0.05, 0) is 43.3 Å². The van der Waals surface area contributed by atoms with Crippen LogP contribution in [-0.4, -0.2) is 76.4 Å². The van der Waals surface area contributed by atoms with E-state index in [-0.39, 0.29) is 12.1 Å². The smallest absolute Gasteiger partial charge is 0.321 e. The van der Waals surface area contributed by atoms with Crippen molar-refractivity contribution in [3.05, 3.63) is 65.7 Å². The molecule has 166 valence electrons. The molecule has 32 heavy (non-hydrogen) atoms. The van der Waals surface area contributed by atoms with Crippen LogP contribution in [0.1, 0.15) is 18.1 Å². The average molecular weight is 434 g/mol. The molecule has 2 saturated heterocycles. The van der Waals surface area contributed by atoms with Crippen molar-refractivity contribution in [3.8, 4) is 11.8 Å². The number of hydrogen-bond acceptors (Lipinski definition) is 5. The third-order valence-corrected chi connectivity index (χ3v) is 5.91. The van der Waals surface area contributed by atoms with Crippen LogP contribution in [0.15, 0.2) is 54.6 Å². The second-order valence-corrected chi connectivity index (χ2v) is 8.05. The molecule has 2 aliphatic rings. The molecule has 2 aromatic carbocycles. The van der Waals surface area contributed by atoms with E-state index >= 15 is 0 Å². The Bertz CT molecular complexity index is 1030. The molecule has 3 amide bonds. The number of aliphatic hydroxyl groups excluding tert-OH is 1. The van der Waals surface area contributed by atoms with Crippen LogP contribution in [0.4, 0.5) is 10.5 Å². The highest BCUT2D eigenvalue weighted by Gasteiger charge is 2.46. The van der Waals surface area contributed by atoms with Crippen LogP contribution in [0.5, 0.6) is 0 Å². The summed E-state index contributed by atoms with van der Waals surface area (Å²) in [6.45, 7) is 3.53. The lowest BCUT2D eigenvalue weighted by Crippen LogP contribution is -2.54. The van der Waals surface area contributed by atoms with Crippen LogP contribution < -0.4 is 10.4 Å². The molecule has 8 nitrogen and oxygen atoms in total. The minimum Gasteiger partial charge on any atom is -0.391 e. The van der Waals surface area contributed by atoms with Gasteiger partial charge in [0.2, 0.25) is 0 Å². The molecule has 0 radical (unpaired) electrons. The van der Waals surface area contributed by atoms with Gasteiger partial charge in [0.05, 0.1) is 12.1 Å². The first-order valence-corrected chi connectivity index (χ1v) is 10.6. The summed E-state index contributed by atoms with van der Waals surface area (Å²) in [6.07, 6.45) is -1.10. The van der Waals surface area contributed by atoms with Gasteiger partial charge in [0.25, 0.3) is 5.91 Å². The minimum atomic E-state index is -1.13. The van der Waals surface area contributed by atoms with Crippen molar-refractivity contribution in [2.75, 3.05) is 31.1 Å². The lowest BCUT2D eigenvalue weighted by atomic mass is 10.1. The van der Waals surface area contributed by atoms with Gasteiger partial charge in [-0.2, -0.15) is 0 Å². The van der Waals surface area contributed by atoms with Gasteiger partial charge in [-0.1, -0.05) is 30.0 Å². The SMILES string of the molecule is C[C@@H](O)[C@@H](C(=O)NO)N1CC2CN(c3ccc(C#Cc4ccccc4)cc3)CCN2C1=O. The number of fused-ring (bicyclic) bond motifs is 1. The quantitative estimate of drug-likeness (QED) is 0.383. The van der Waals surface area contributed by atoms with E-state index in [0.29, 0.717) is 26.2 Å². The Labute approximate surface area is 187 Å². The molecule has 2 heterocycles. The number of hydroxylamine groups is 1. The van der Waals surface area contributed by atoms with Gasteiger partial charge in [-0.15, -0.1) is 0 Å². The van der Waals surface area contributed by atoms with Gasteiger partial charge < -0.3 is 19.8 Å². The van der Waals surface area contributed by atoms with Gasteiger partial charge in [-0.3, -0.25) is 10.0 Å². The molecule has 8 heteroatoms. The summed E-state index contributed by atoms with van der Waals surface area (Å²) in [5, 5.41) is 19.0. The van der Waals surface area contributed by atoms with Crippen LogP contribution in [0.2, 0.25) is 0 Å². The van der Waals surface area contributed by atoms with E-state index in [0.717, 1.165) is 16.8 Å². The zero-order chi connectivity index (χ0) is 22.7. The van der Waals surface area contributed by atoms with E-state index in [1.165, 1.54) is 11.8 Å². The largest absolute Gasteiger partial charge is 0.391 e. The zero-order valence-electron chi connectivity index (χ0n) is 17.8. The number of anilines is 1. The topological polar surface area (TPSA) is 96.3 Å². The van der Waals surface area contributed by atoms with Gasteiger partial charge in [0.15, 0.2) is 0 Å². The number of carbonyl (C=O) groups excluding carboxylic acids is 2. The van der Waals surface area contributed by atoms with E-state index in [1.54, 1.807) is 10.4 Å². The maximum Gasteiger partial charge on any atom is 0.321 e. The fourth-order valence-electron chi connectivity index (χ4n) is 4.31. The number of carbonyl (C=O) groups is 2. The number of rotatable bonds is 4. The number of urea groups is 1. The molecule has 0 aliphatic carbocycles. The van der Waals surface area contributed by atoms with Crippen LogP contribution in [0.25, 0.3) is 0 Å². The lowest BCUT2D eigenvalue weighted by Gasteiger charge is -2.37. The monoisotopic (exact) mass is 434 g/mol. The highest BCUT2D eigenvalue weighted by atomic mass is 16.5. The average Bonchev–Trinajstić information content (AvgIpc) is 3.13. The molecule has 2 aliphatic heterocycles. The molecule has 3 atom stereocenters. The van der Waals surface area contributed by atoms with E-state index in [4.69, 9.17) is 5.21 Å². The van der Waals surface area contributed by atoms with Gasteiger partial charge in [0, 0.05) is 43.0 Å². The minimum absolute atomic E-state index is 0.110. The summed E-state index contributed by atoms with van der Waals surface area (Å²) < 4.78 is 0. The Kier molecular flexibility index (Phi) is 6.30. The molecular weight excluding hydrogens is 408 g/mol. The van der Waals surface area contributed by atoms with E-state index in [1.807, 2.05) is 54.6 Å². The maximum atomic E-state index is 12.8. The fourth-order valence-corrected chi connectivity index (χ4v) is 4.31. The molecule has 1 unspecified atom stereocenters. The molecule has 0 spiro atoms. The second-order valence-electron chi connectivity index (χ2n) is 8.05. The highest BCUT2D eigenvalue weighted by Crippen LogP contribution is 2.27. The summed E-state index contributed by atoms with van der Waals surface area (Å²) in [6, 6.07) is 16.3. The second kappa shape index (κ2) is 9.30. The van der Waals surface area contributed by atoms with Crippen molar-refractivity contribution in [2.24, 2.45) is 0 Å². The van der Waals surface area contributed by atoms with E-state index in [2.05, 4.69) is 16.7 Å². The summed E-state index contributed by atoms with van der Waals surface area (Å²) in [5.41, 5.74) is 4.49. The maximum absolute atomic E-state index is 12.8. The third-order valence-electron chi connectivity index (χ3n) is 5.91. The molecule has 0 bridgehead atoms. The van der Waals surface area contributed by atoms with Crippen molar-refractivity contribution in [2.45, 2.75) is 25.1 Å². The summed E-state index contributed by atoms with van der Waals surface area (Å²) in [7, 11) is 0. The first kappa shape index (κ1) is 21.7. The molecule has 0 aromatic heterocycles. The first-order valence-electron chi connectivity index (χ1n) is 10.6. The third kappa shape index (κ3) is 4.40. The molecule has 4 rings (SSSR count). The van der Waals surface area contributed by atoms with Crippen molar-refractivity contribution in [1.29, 1.82) is 0 Å². The van der Waals surface area contributed by atoms with Crippen molar-refractivity contribution < 1.29 is 19.9 Å². The summed E-state index contributed by atoms with van der Waals surface area (Å²) in [5.74, 6) is 5.52. The Hall–Kier alpha value is -3.54. The Morgan fingerprint density at radius 3 is 2.31 bits per heavy atom. The van der Waals surface area contributed by atoms with Crippen molar-refractivity contribution >= 4 is 17.6 Å². The standard InChI is InChI=1S/C24H26N4O4/c1-17(29)22(23(30)25-32)28-16-21-15-26(13-14-27(21)24(28)31)20-11-9-19(10-12-20)8-7-18-5-3-2-4-6-18/h2-6,9-12,17,21-22,29,32H,13-16H2,1H3,(H,25,30)/t17-,21?,22+/m1/s1. The summed E-state index contributed by atoms with van der Waals surface area (Å²) >= 11 is 0. The van der Waals surface area contributed by atoms with Crippen molar-refractivity contribution in [3.63, 3.8) is 0 Å². The fraction of sp³-hybridized carbons (Fsp3) is 0.333. The molecule has 2 fully saturated rings. The van der Waals surface area contributed by atoms with Gasteiger partial charge in [0.1, 0.15) is 6.04 Å². The van der Waals surface area contributed by atoms with Crippen LogP contribution in [-0.2, 0) is 4.79 Å². The zero-order valence-corrected chi connectivity index (χ0v) is 17.8. The van der Waals surface area contributed by atoms with Gasteiger partial charge >= 0.3 is 6.03 Å². The first-order chi connectivity index (χ1) is 15.5. The number of hydrogen-bond donors (Lipinski definition) is 3. The van der Waals surface area contributed by atoms with Crippen LogP contribution in [0.3, 0.4) is 0 Å². The summed E-state index contributed by atoms with van der Waals surface area (Å²) in [4.78, 5) is 30.1. The van der Waals surface area contributed by atoms with Crippen LogP contribution >= 0.6 is 0 Å². The molecule has 0 saturated carbocycles. The van der Waals surface area contributed by atoms with Crippen molar-refractivity contribution in [1.82, 2.24) is 15.3 Å². The Balaban J connectivity index is 1.43. The van der Waals surface area contributed by atoms with E-state index in [9.17, 15) is 14.7 Å². The molecule has 2 aromatic rings. The van der Waals surface area contributed by atoms with Gasteiger partial charge in [-0.25, -0.2) is 10.3 Å². The number of aliphatic hydroxyl groups is 1. The number of nitrogens with zero attached hydrogens (tertiary/aromatic N) is 3. The Morgan fingerprint density at radius 2 is 1.69 bits per heavy atom. The predicted molar refractivity (Wildman–Crippen MR) is 119 cm³/mol. The van der Waals surface area contributed by atoms with Crippen LogP contribution in [0, 0.1) is 11.8 Å². The lowest BCUT2D eigenvalue weighted by molar-refractivity contribution is -0.137. The van der Waals surface area contributed by atoms with E-state index < -0.39 is 18.1 Å². The number of nitrogens with one attached hydrogen (secondary N) is 1. The highest BCUT2D eigenvalue weighted by molar-refractivity contribution is 5.88. The predicted octanol–water partition coefficient (Wildman–Crippen LogP) is 1.27. The number of benzene rings is 2. The number of piperazine rings is 1. The molecular formula is C24H26N4O4. The Morgan fingerprint density at radius 1 is 1.03 bits per heavy atom. The number of amides is 3. The molecule has 3 N–H and O–H groups in total. The normalized spacial score (nSPS) is 19.7.